The van der Waals surface area contributed by atoms with Crippen LogP contribution in [0.2, 0.25) is 0 Å². The molecule has 1 unspecified atom stereocenters. The molecule has 1 saturated carbocycles. The van der Waals surface area contributed by atoms with Crippen LogP contribution < -0.4 is 15.0 Å². The standard InChI is InChI=1S/C20H26N6O5S/c1-3-31-16-9-8-14(32(29,30)25-12(2)11-27)10-15(16)17-21-20(28)19-23-22-18(26(19)24-17)13-6-4-5-7-13/h8-10,12-13,25,27H,3-7,11H2,1-2H3,(H,21,24,28). The fraction of sp³-hybridized carbons (Fsp3) is 0.500. The van der Waals surface area contributed by atoms with Gasteiger partial charge in [-0.05, 0) is 44.9 Å². The molecular weight excluding hydrogens is 436 g/mol. The molecule has 12 heteroatoms. The van der Waals surface area contributed by atoms with E-state index in [1.165, 1.54) is 22.7 Å². The zero-order chi connectivity index (χ0) is 22.9. The van der Waals surface area contributed by atoms with Gasteiger partial charge in [0.2, 0.25) is 15.7 Å². The molecule has 2 heterocycles. The van der Waals surface area contributed by atoms with E-state index in [0.717, 1.165) is 25.7 Å². The van der Waals surface area contributed by atoms with Crippen LogP contribution in [0.1, 0.15) is 51.3 Å². The van der Waals surface area contributed by atoms with Gasteiger partial charge in [0.15, 0.2) is 11.6 Å². The number of aliphatic hydroxyl groups excluding tert-OH is 1. The van der Waals surface area contributed by atoms with E-state index in [9.17, 15) is 18.3 Å². The molecule has 0 bridgehead atoms. The van der Waals surface area contributed by atoms with Gasteiger partial charge in [0.1, 0.15) is 5.75 Å². The minimum atomic E-state index is -3.91. The Bertz CT molecular complexity index is 1280. The Morgan fingerprint density at radius 1 is 1.31 bits per heavy atom. The van der Waals surface area contributed by atoms with E-state index in [1.807, 2.05) is 0 Å². The minimum absolute atomic E-state index is 0.0428. The highest BCUT2D eigenvalue weighted by Gasteiger charge is 2.25. The second-order valence-corrected chi connectivity index (χ2v) is 9.59. The molecule has 172 valence electrons. The quantitative estimate of drug-likeness (QED) is 0.452. The van der Waals surface area contributed by atoms with Crippen LogP contribution >= 0.6 is 0 Å². The molecule has 1 aliphatic carbocycles. The van der Waals surface area contributed by atoms with Crippen LogP contribution in [0.25, 0.3) is 17.0 Å². The third kappa shape index (κ3) is 4.25. The lowest BCUT2D eigenvalue weighted by Crippen LogP contribution is -2.35. The molecule has 0 radical (unpaired) electrons. The molecular formula is C20H26N6O5S. The Morgan fingerprint density at radius 2 is 2.06 bits per heavy atom. The highest BCUT2D eigenvalue weighted by atomic mass is 32.2. The number of benzene rings is 1. The lowest BCUT2D eigenvalue weighted by Gasteiger charge is -2.15. The highest BCUT2D eigenvalue weighted by molar-refractivity contribution is 7.89. The predicted molar refractivity (Wildman–Crippen MR) is 116 cm³/mol. The number of sulfonamides is 1. The number of aromatic amines is 1. The van der Waals surface area contributed by atoms with Crippen molar-refractivity contribution in [3.8, 4) is 17.1 Å². The molecule has 1 atom stereocenters. The van der Waals surface area contributed by atoms with Crippen molar-refractivity contribution in [1.82, 2.24) is 29.5 Å². The molecule has 4 rings (SSSR count). The fourth-order valence-electron chi connectivity index (χ4n) is 3.89. The first-order valence-electron chi connectivity index (χ1n) is 10.6. The Hall–Kier alpha value is -2.83. The van der Waals surface area contributed by atoms with Gasteiger partial charge < -0.3 is 14.8 Å². The summed E-state index contributed by atoms with van der Waals surface area (Å²) in [5.74, 6) is 1.33. The van der Waals surface area contributed by atoms with Gasteiger partial charge in [0, 0.05) is 12.0 Å². The molecule has 0 saturated heterocycles. The number of H-pyrrole nitrogens is 1. The SMILES string of the molecule is CCOc1ccc(S(=O)(=O)NC(C)CO)cc1-c1nn2c(C3CCCC3)nnc2c(=O)[nH]1. The zero-order valence-corrected chi connectivity index (χ0v) is 18.7. The third-order valence-electron chi connectivity index (χ3n) is 5.47. The number of fused-ring (bicyclic) bond motifs is 1. The number of ether oxygens (including phenoxy) is 1. The summed E-state index contributed by atoms with van der Waals surface area (Å²) in [6.45, 7) is 3.35. The van der Waals surface area contributed by atoms with E-state index in [-0.39, 0.29) is 28.9 Å². The maximum absolute atomic E-state index is 12.7. The van der Waals surface area contributed by atoms with Gasteiger partial charge in [-0.25, -0.2) is 13.1 Å². The van der Waals surface area contributed by atoms with Gasteiger partial charge in [-0.1, -0.05) is 12.8 Å². The summed E-state index contributed by atoms with van der Waals surface area (Å²) in [6.07, 6.45) is 4.08. The number of rotatable bonds is 8. The largest absolute Gasteiger partial charge is 0.493 e. The van der Waals surface area contributed by atoms with Crippen molar-refractivity contribution >= 4 is 15.7 Å². The number of aromatic nitrogens is 5. The zero-order valence-electron chi connectivity index (χ0n) is 17.9. The van der Waals surface area contributed by atoms with E-state index in [1.54, 1.807) is 13.8 Å². The van der Waals surface area contributed by atoms with Gasteiger partial charge in [-0.3, -0.25) is 4.79 Å². The maximum Gasteiger partial charge on any atom is 0.296 e. The monoisotopic (exact) mass is 462 g/mol. The van der Waals surface area contributed by atoms with Gasteiger partial charge in [-0.2, -0.15) is 4.52 Å². The minimum Gasteiger partial charge on any atom is -0.493 e. The number of hydrogen-bond acceptors (Lipinski definition) is 8. The second kappa shape index (κ2) is 8.96. The molecule has 0 spiro atoms. The molecule has 1 fully saturated rings. The summed E-state index contributed by atoms with van der Waals surface area (Å²) in [5.41, 5.74) is -0.0678. The summed E-state index contributed by atoms with van der Waals surface area (Å²) in [4.78, 5) is 15.4. The van der Waals surface area contributed by atoms with Crippen molar-refractivity contribution in [3.05, 3.63) is 34.4 Å². The van der Waals surface area contributed by atoms with Crippen LogP contribution in [0.3, 0.4) is 0 Å². The molecule has 2 aromatic heterocycles. The fourth-order valence-corrected chi connectivity index (χ4v) is 5.15. The summed E-state index contributed by atoms with van der Waals surface area (Å²) in [6, 6.07) is 3.66. The van der Waals surface area contributed by atoms with Crippen LogP contribution in [0.5, 0.6) is 5.75 Å². The first-order chi connectivity index (χ1) is 15.3. The van der Waals surface area contributed by atoms with Gasteiger partial charge >= 0.3 is 0 Å². The van der Waals surface area contributed by atoms with E-state index in [4.69, 9.17) is 4.74 Å². The van der Waals surface area contributed by atoms with Crippen LogP contribution in [0.4, 0.5) is 0 Å². The third-order valence-corrected chi connectivity index (χ3v) is 7.05. The van der Waals surface area contributed by atoms with Crippen LogP contribution in [-0.2, 0) is 10.0 Å². The van der Waals surface area contributed by atoms with Crippen molar-refractivity contribution in [2.45, 2.75) is 56.4 Å². The van der Waals surface area contributed by atoms with Gasteiger partial charge in [0.05, 0.1) is 23.7 Å². The first-order valence-corrected chi connectivity index (χ1v) is 12.1. The van der Waals surface area contributed by atoms with E-state index in [2.05, 4.69) is 25.0 Å². The van der Waals surface area contributed by atoms with Gasteiger partial charge in [-0.15, -0.1) is 15.3 Å². The van der Waals surface area contributed by atoms with E-state index in [0.29, 0.717) is 23.7 Å². The maximum atomic E-state index is 12.7. The molecule has 32 heavy (non-hydrogen) atoms. The van der Waals surface area contributed by atoms with E-state index < -0.39 is 21.6 Å². The number of nitrogens with zero attached hydrogens (tertiary/aromatic N) is 4. The van der Waals surface area contributed by atoms with Crippen molar-refractivity contribution in [1.29, 1.82) is 0 Å². The average Bonchev–Trinajstić information content (AvgIpc) is 3.43. The topological polar surface area (TPSA) is 152 Å². The van der Waals surface area contributed by atoms with Crippen molar-refractivity contribution in [2.75, 3.05) is 13.2 Å². The lowest BCUT2D eigenvalue weighted by atomic mass is 10.1. The Kier molecular flexibility index (Phi) is 6.26. The smallest absolute Gasteiger partial charge is 0.296 e. The average molecular weight is 463 g/mol. The number of hydrogen-bond donors (Lipinski definition) is 3. The van der Waals surface area contributed by atoms with Gasteiger partial charge in [0.25, 0.3) is 5.56 Å². The summed E-state index contributed by atoms with van der Waals surface area (Å²) in [7, 11) is -3.91. The Balaban J connectivity index is 1.85. The van der Waals surface area contributed by atoms with Crippen molar-refractivity contribution < 1.29 is 18.3 Å². The highest BCUT2D eigenvalue weighted by Crippen LogP contribution is 2.33. The molecule has 3 N–H and O–H groups in total. The molecule has 1 aromatic carbocycles. The van der Waals surface area contributed by atoms with E-state index >= 15 is 0 Å². The second-order valence-electron chi connectivity index (χ2n) is 7.87. The van der Waals surface area contributed by atoms with Crippen LogP contribution in [-0.4, -0.2) is 57.6 Å². The lowest BCUT2D eigenvalue weighted by molar-refractivity contribution is 0.265. The molecule has 11 nitrogen and oxygen atoms in total. The normalized spacial score (nSPS) is 16.0. The molecule has 0 amide bonds. The molecule has 1 aliphatic rings. The van der Waals surface area contributed by atoms with Crippen LogP contribution in [0.15, 0.2) is 27.9 Å². The summed E-state index contributed by atoms with van der Waals surface area (Å²) in [5, 5.41) is 22.0. The predicted octanol–water partition coefficient (Wildman–Crippen LogP) is 1.19. The number of aliphatic hydroxyl groups is 1. The van der Waals surface area contributed by atoms with Crippen LogP contribution in [0, 0.1) is 0 Å². The van der Waals surface area contributed by atoms with Crippen molar-refractivity contribution in [3.63, 3.8) is 0 Å². The summed E-state index contributed by atoms with van der Waals surface area (Å²) >= 11 is 0. The Labute approximate surface area is 184 Å². The number of nitrogens with one attached hydrogen (secondary N) is 2. The summed E-state index contributed by atoms with van der Waals surface area (Å²) < 4.78 is 35.0. The Morgan fingerprint density at radius 3 is 2.75 bits per heavy atom. The first kappa shape index (κ1) is 22.4. The molecule has 3 aromatic rings. The van der Waals surface area contributed by atoms with Crippen molar-refractivity contribution in [2.24, 2.45) is 0 Å². The molecule has 0 aliphatic heterocycles.